The van der Waals surface area contributed by atoms with Gasteiger partial charge in [-0.1, -0.05) is 0 Å². The first-order valence-electron chi connectivity index (χ1n) is 6.78. The molecule has 1 aliphatic heterocycles. The highest BCUT2D eigenvalue weighted by molar-refractivity contribution is 6.10. The maximum Gasteiger partial charge on any atom is 0.423 e. The smallest absolute Gasteiger partial charge is 0.423 e. The molecule has 0 aromatic heterocycles. The highest BCUT2D eigenvalue weighted by Crippen LogP contribution is 2.30. The molecule has 1 heterocycles. The molecule has 6 heteroatoms. The number of carbonyl (C=O) groups excluding carboxylic acids is 2. The van der Waals surface area contributed by atoms with E-state index >= 15 is 0 Å². The van der Waals surface area contributed by atoms with E-state index in [2.05, 4.69) is 0 Å². The second kappa shape index (κ2) is 5.71. The van der Waals surface area contributed by atoms with Gasteiger partial charge in [0.1, 0.15) is 11.5 Å². The van der Waals surface area contributed by atoms with Crippen LogP contribution < -0.4 is 9.47 Å². The van der Waals surface area contributed by atoms with E-state index < -0.39 is 17.5 Å². The highest BCUT2D eigenvalue weighted by atomic mass is 16.6. The number of imide groups is 1. The van der Waals surface area contributed by atoms with Gasteiger partial charge in [0.05, 0.1) is 14.2 Å². The second-order valence-electron chi connectivity index (χ2n) is 5.80. The highest BCUT2D eigenvalue weighted by Gasteiger charge is 2.43. The van der Waals surface area contributed by atoms with Gasteiger partial charge in [-0.3, -0.25) is 4.79 Å². The Morgan fingerprint density at radius 3 is 2.32 bits per heavy atom. The number of rotatable bonds is 3. The van der Waals surface area contributed by atoms with Crippen LogP contribution in [0.1, 0.15) is 26.3 Å². The lowest BCUT2D eigenvalue weighted by Gasteiger charge is -2.26. The molecule has 1 aromatic rings. The zero-order chi connectivity index (χ0) is 16.5. The SMILES string of the molecule is COc1ccc(/C=C2/OC(=O)N(C(C)(C)C)C2=O)c(OC)c1. The molecule has 22 heavy (non-hydrogen) atoms. The summed E-state index contributed by atoms with van der Waals surface area (Å²) in [6.45, 7) is 5.30. The summed E-state index contributed by atoms with van der Waals surface area (Å²) in [5.41, 5.74) is -0.0245. The quantitative estimate of drug-likeness (QED) is 0.803. The van der Waals surface area contributed by atoms with E-state index in [1.165, 1.54) is 13.2 Å². The van der Waals surface area contributed by atoms with E-state index in [0.29, 0.717) is 17.1 Å². The van der Waals surface area contributed by atoms with Gasteiger partial charge in [0.25, 0.3) is 5.91 Å². The minimum atomic E-state index is -0.670. The Morgan fingerprint density at radius 2 is 1.82 bits per heavy atom. The predicted molar refractivity (Wildman–Crippen MR) is 80.6 cm³/mol. The average Bonchev–Trinajstić information content (AvgIpc) is 2.73. The minimum absolute atomic E-state index is 0.0246. The van der Waals surface area contributed by atoms with Crippen LogP contribution in [0.4, 0.5) is 4.79 Å². The molecule has 0 bridgehead atoms. The molecule has 2 rings (SSSR count). The van der Waals surface area contributed by atoms with Gasteiger partial charge in [0.15, 0.2) is 5.76 Å². The maximum atomic E-state index is 12.3. The number of cyclic esters (lactones) is 1. The first kappa shape index (κ1) is 15.9. The van der Waals surface area contributed by atoms with Crippen LogP contribution in [0, 0.1) is 0 Å². The third-order valence-corrected chi connectivity index (χ3v) is 3.19. The Kier molecular flexibility index (Phi) is 4.12. The van der Waals surface area contributed by atoms with Crippen molar-refractivity contribution in [1.82, 2.24) is 4.90 Å². The lowest BCUT2D eigenvalue weighted by Crippen LogP contribution is -2.44. The number of ether oxygens (including phenoxy) is 3. The topological polar surface area (TPSA) is 65.1 Å². The molecule has 0 saturated carbocycles. The lowest BCUT2D eigenvalue weighted by atomic mass is 10.1. The van der Waals surface area contributed by atoms with Gasteiger partial charge >= 0.3 is 6.09 Å². The molecule has 1 aromatic carbocycles. The van der Waals surface area contributed by atoms with Crippen LogP contribution in [0.25, 0.3) is 6.08 Å². The number of hydrogen-bond donors (Lipinski definition) is 0. The molecule has 1 fully saturated rings. The van der Waals surface area contributed by atoms with Gasteiger partial charge in [-0.2, -0.15) is 0 Å². The summed E-state index contributed by atoms with van der Waals surface area (Å²) in [5.74, 6) is 0.661. The molecule has 0 aliphatic carbocycles. The molecule has 1 saturated heterocycles. The molecule has 2 amide bonds. The summed E-state index contributed by atoms with van der Waals surface area (Å²) >= 11 is 0. The third-order valence-electron chi connectivity index (χ3n) is 3.19. The number of hydrogen-bond acceptors (Lipinski definition) is 5. The van der Waals surface area contributed by atoms with Crippen molar-refractivity contribution in [3.05, 3.63) is 29.5 Å². The van der Waals surface area contributed by atoms with E-state index in [0.717, 1.165) is 4.90 Å². The number of nitrogens with zero attached hydrogens (tertiary/aromatic N) is 1. The van der Waals surface area contributed by atoms with Crippen molar-refractivity contribution in [2.24, 2.45) is 0 Å². The Morgan fingerprint density at radius 1 is 1.14 bits per heavy atom. The lowest BCUT2D eigenvalue weighted by molar-refractivity contribution is -0.126. The molecular weight excluding hydrogens is 286 g/mol. The monoisotopic (exact) mass is 305 g/mol. The van der Waals surface area contributed by atoms with Crippen molar-refractivity contribution in [1.29, 1.82) is 0 Å². The number of amides is 2. The summed E-state index contributed by atoms with van der Waals surface area (Å²) in [4.78, 5) is 25.3. The largest absolute Gasteiger partial charge is 0.497 e. The van der Waals surface area contributed by atoms with Crippen LogP contribution in [0.2, 0.25) is 0 Å². The Bertz CT molecular complexity index is 642. The fraction of sp³-hybridized carbons (Fsp3) is 0.375. The molecule has 0 spiro atoms. The minimum Gasteiger partial charge on any atom is -0.497 e. The first-order chi connectivity index (χ1) is 10.3. The first-order valence-corrected chi connectivity index (χ1v) is 6.78. The summed E-state index contributed by atoms with van der Waals surface area (Å²) in [5, 5.41) is 0. The molecule has 118 valence electrons. The molecule has 6 nitrogen and oxygen atoms in total. The van der Waals surface area contributed by atoms with Crippen molar-refractivity contribution < 1.29 is 23.8 Å². The van der Waals surface area contributed by atoms with Gasteiger partial charge in [0, 0.05) is 17.2 Å². The molecule has 1 aliphatic rings. The van der Waals surface area contributed by atoms with Crippen LogP contribution in [0.3, 0.4) is 0 Å². The van der Waals surface area contributed by atoms with E-state index in [-0.39, 0.29) is 5.76 Å². The summed E-state index contributed by atoms with van der Waals surface area (Å²) < 4.78 is 15.5. The van der Waals surface area contributed by atoms with E-state index in [9.17, 15) is 9.59 Å². The normalized spacial score (nSPS) is 17.0. The van der Waals surface area contributed by atoms with Gasteiger partial charge in [-0.05, 0) is 39.0 Å². The number of benzene rings is 1. The van der Waals surface area contributed by atoms with E-state index in [1.54, 1.807) is 46.1 Å². The van der Waals surface area contributed by atoms with Crippen LogP contribution in [-0.2, 0) is 9.53 Å². The van der Waals surface area contributed by atoms with Crippen LogP contribution in [-0.4, -0.2) is 36.7 Å². The molecule has 0 atom stereocenters. The van der Waals surface area contributed by atoms with Gasteiger partial charge in [0.2, 0.25) is 0 Å². The second-order valence-corrected chi connectivity index (χ2v) is 5.80. The van der Waals surface area contributed by atoms with E-state index in [1.807, 2.05) is 0 Å². The van der Waals surface area contributed by atoms with E-state index in [4.69, 9.17) is 14.2 Å². The van der Waals surface area contributed by atoms with Crippen molar-refractivity contribution >= 4 is 18.1 Å². The van der Waals surface area contributed by atoms with Crippen molar-refractivity contribution in [3.63, 3.8) is 0 Å². The summed E-state index contributed by atoms with van der Waals surface area (Å²) in [6.07, 6.45) is 0.820. The molecule has 0 radical (unpaired) electrons. The van der Waals surface area contributed by atoms with Crippen molar-refractivity contribution in [2.45, 2.75) is 26.3 Å². The van der Waals surface area contributed by atoms with Crippen LogP contribution in [0.15, 0.2) is 24.0 Å². The third kappa shape index (κ3) is 2.90. The fourth-order valence-electron chi connectivity index (χ4n) is 2.13. The van der Waals surface area contributed by atoms with Gasteiger partial charge in [-0.15, -0.1) is 0 Å². The Labute approximate surface area is 129 Å². The van der Waals surface area contributed by atoms with Crippen molar-refractivity contribution in [2.75, 3.05) is 14.2 Å². The van der Waals surface area contributed by atoms with Crippen molar-refractivity contribution in [3.8, 4) is 11.5 Å². The summed E-state index contributed by atoms with van der Waals surface area (Å²) in [6, 6.07) is 5.15. The standard InChI is InChI=1S/C16H19NO5/c1-16(2,3)17-14(18)13(22-15(17)19)8-10-6-7-11(20-4)9-12(10)21-5/h6-9H,1-5H3/b13-8+. The zero-order valence-corrected chi connectivity index (χ0v) is 13.3. The Hall–Kier alpha value is -2.50. The maximum absolute atomic E-state index is 12.3. The van der Waals surface area contributed by atoms with Gasteiger partial charge < -0.3 is 14.2 Å². The zero-order valence-electron chi connectivity index (χ0n) is 13.3. The van der Waals surface area contributed by atoms with Crippen LogP contribution in [0.5, 0.6) is 11.5 Å². The average molecular weight is 305 g/mol. The summed E-state index contributed by atoms with van der Waals surface area (Å²) in [7, 11) is 3.07. The number of methoxy groups -OCH3 is 2. The fourth-order valence-corrected chi connectivity index (χ4v) is 2.13. The molecule has 0 unspecified atom stereocenters. The molecular formula is C16H19NO5. The number of carbonyl (C=O) groups is 2. The van der Waals surface area contributed by atoms with Crippen LogP contribution >= 0.6 is 0 Å². The molecule has 0 N–H and O–H groups in total. The Balaban J connectivity index is 2.39. The van der Waals surface area contributed by atoms with Gasteiger partial charge in [-0.25, -0.2) is 9.69 Å². The predicted octanol–water partition coefficient (Wildman–Crippen LogP) is 2.82.